The van der Waals surface area contributed by atoms with Gasteiger partial charge in [0.05, 0.1) is 48.7 Å². The molecule has 0 fully saturated rings. The molecule has 0 aromatic heterocycles. The van der Waals surface area contributed by atoms with Gasteiger partial charge in [0.2, 0.25) is 0 Å². The molecule has 2 aromatic rings. The fourth-order valence-electron chi connectivity index (χ4n) is 10.1. The van der Waals surface area contributed by atoms with Crippen molar-refractivity contribution in [3.05, 3.63) is 58.1 Å². The first kappa shape index (κ1) is 66.4. The fourth-order valence-corrected chi connectivity index (χ4v) is 10.1. The van der Waals surface area contributed by atoms with Crippen LogP contribution >= 0.6 is 0 Å². The first-order valence-corrected chi connectivity index (χ1v) is 31.3. The Morgan fingerprint density at radius 2 is 0.568 bits per heavy atom. The summed E-state index contributed by atoms with van der Waals surface area (Å²) in [6, 6.07) is 8.61. The number of ether oxygens (including phenoxy) is 4. The van der Waals surface area contributed by atoms with Gasteiger partial charge < -0.3 is 18.9 Å². The summed E-state index contributed by atoms with van der Waals surface area (Å²) in [5.41, 5.74) is 2.63. The predicted molar refractivity (Wildman–Crippen MR) is 310 cm³/mol. The highest BCUT2D eigenvalue weighted by Gasteiger charge is 2.27. The number of carbonyl (C=O) groups excluding carboxylic acids is 4. The Labute approximate surface area is 453 Å². The SMILES string of the molecule is CCCCCCCCCCCCOC(=O)c1ccc(-c2ccc(C(=O)OCCCCCCCCCCCC)c(C(=O)OCCCCCCCCCCCC)c2CC)cc1C(=O)OCCCCCCCCCCCC. The van der Waals surface area contributed by atoms with Crippen molar-refractivity contribution in [3.8, 4) is 11.1 Å². The topological polar surface area (TPSA) is 105 Å². The van der Waals surface area contributed by atoms with Gasteiger partial charge >= 0.3 is 23.9 Å². The van der Waals surface area contributed by atoms with Crippen molar-refractivity contribution in [2.24, 2.45) is 0 Å². The standard InChI is InChI=1S/C66H110O8/c1-6-11-15-19-23-27-31-35-39-43-51-71-63(67)59-48-47-56(55-61(59)65(69)73-53-45-41-37-33-29-25-21-17-13-8-3)58-49-50-60(64(68)72-52-44-40-36-32-28-24-20-16-12-7-2)62(57(58)10-5)66(70)74-54-46-42-38-34-30-26-22-18-14-9-4/h47-50,55H,6-46,51-54H2,1-5H3. The molecule has 2 rings (SSSR count). The molecule has 0 unspecified atom stereocenters. The van der Waals surface area contributed by atoms with Crippen molar-refractivity contribution in [3.63, 3.8) is 0 Å². The molecule has 0 aliphatic rings. The Balaban J connectivity index is 2.29. The minimum atomic E-state index is -0.574. The second-order valence-corrected chi connectivity index (χ2v) is 21.4. The van der Waals surface area contributed by atoms with E-state index in [-0.39, 0.29) is 48.7 Å². The van der Waals surface area contributed by atoms with Crippen LogP contribution in [-0.4, -0.2) is 50.3 Å². The van der Waals surface area contributed by atoms with Gasteiger partial charge in [0, 0.05) is 0 Å². The van der Waals surface area contributed by atoms with Gasteiger partial charge in [-0.1, -0.05) is 278 Å². The lowest BCUT2D eigenvalue weighted by Crippen LogP contribution is -2.18. The molecule has 0 aliphatic carbocycles. The van der Waals surface area contributed by atoms with E-state index in [9.17, 15) is 19.2 Å². The van der Waals surface area contributed by atoms with Crippen LogP contribution in [0.3, 0.4) is 0 Å². The number of benzene rings is 2. The van der Waals surface area contributed by atoms with Crippen LogP contribution in [-0.2, 0) is 25.4 Å². The van der Waals surface area contributed by atoms with Gasteiger partial charge in [0.25, 0.3) is 0 Å². The summed E-state index contributed by atoms with van der Waals surface area (Å²) in [6.07, 6.45) is 47.4. The summed E-state index contributed by atoms with van der Waals surface area (Å²) in [5, 5.41) is 0. The van der Waals surface area contributed by atoms with Crippen LogP contribution in [0.4, 0.5) is 0 Å². The third-order valence-electron chi connectivity index (χ3n) is 14.8. The van der Waals surface area contributed by atoms with Crippen LogP contribution in [0.25, 0.3) is 11.1 Å². The molecule has 74 heavy (non-hydrogen) atoms. The molecular weight excluding hydrogens is 921 g/mol. The molecule has 0 radical (unpaired) electrons. The maximum atomic E-state index is 14.2. The van der Waals surface area contributed by atoms with Crippen LogP contribution in [0.15, 0.2) is 30.3 Å². The molecule has 0 atom stereocenters. The summed E-state index contributed by atoms with van der Waals surface area (Å²) < 4.78 is 23.5. The Hall–Kier alpha value is -3.68. The van der Waals surface area contributed by atoms with Crippen LogP contribution in [0.5, 0.6) is 0 Å². The number of unbranched alkanes of at least 4 members (excludes halogenated alkanes) is 36. The molecule has 422 valence electrons. The van der Waals surface area contributed by atoms with Crippen molar-refractivity contribution in [2.75, 3.05) is 26.4 Å². The highest BCUT2D eigenvalue weighted by atomic mass is 16.5. The van der Waals surface area contributed by atoms with Gasteiger partial charge in [-0.15, -0.1) is 0 Å². The first-order valence-electron chi connectivity index (χ1n) is 31.3. The van der Waals surface area contributed by atoms with Crippen LogP contribution in [0.1, 0.15) is 338 Å². The number of hydrogen-bond acceptors (Lipinski definition) is 8. The maximum Gasteiger partial charge on any atom is 0.339 e. The zero-order valence-corrected chi connectivity index (χ0v) is 48.5. The van der Waals surface area contributed by atoms with E-state index in [1.807, 2.05) is 13.0 Å². The van der Waals surface area contributed by atoms with Gasteiger partial charge in [-0.25, -0.2) is 19.2 Å². The van der Waals surface area contributed by atoms with E-state index in [4.69, 9.17) is 18.9 Å². The van der Waals surface area contributed by atoms with E-state index in [1.54, 1.807) is 24.3 Å². The van der Waals surface area contributed by atoms with Gasteiger partial charge in [-0.2, -0.15) is 0 Å². The molecule has 0 bridgehead atoms. The predicted octanol–water partition coefficient (Wildman–Crippen LogP) is 20.2. The number of carbonyl (C=O) groups is 4. The molecule has 0 amide bonds. The lowest BCUT2D eigenvalue weighted by molar-refractivity contribution is 0.0449. The van der Waals surface area contributed by atoms with Crippen LogP contribution < -0.4 is 0 Å². The van der Waals surface area contributed by atoms with Crippen molar-refractivity contribution >= 4 is 23.9 Å². The summed E-state index contributed by atoms with van der Waals surface area (Å²) in [5.74, 6) is -2.21. The van der Waals surface area contributed by atoms with Crippen LogP contribution in [0.2, 0.25) is 0 Å². The molecule has 0 N–H and O–H groups in total. The van der Waals surface area contributed by atoms with Gasteiger partial charge in [-0.05, 0) is 67.0 Å². The van der Waals surface area contributed by atoms with E-state index in [2.05, 4.69) is 27.7 Å². The molecule has 0 heterocycles. The van der Waals surface area contributed by atoms with Crippen molar-refractivity contribution in [1.29, 1.82) is 0 Å². The zero-order chi connectivity index (χ0) is 53.5. The summed E-state index contributed by atoms with van der Waals surface area (Å²) in [6.45, 7) is 12.0. The van der Waals surface area contributed by atoms with E-state index in [0.29, 0.717) is 23.1 Å². The average molecular weight is 1030 g/mol. The fraction of sp³-hybridized carbons (Fsp3) is 0.758. The average Bonchev–Trinajstić information content (AvgIpc) is 3.41. The summed E-state index contributed by atoms with van der Waals surface area (Å²) in [4.78, 5) is 55.9. The molecule has 0 aliphatic heterocycles. The van der Waals surface area contributed by atoms with Gasteiger partial charge in [0.15, 0.2) is 0 Å². The van der Waals surface area contributed by atoms with E-state index < -0.39 is 23.9 Å². The lowest BCUT2D eigenvalue weighted by atomic mass is 9.89. The third-order valence-corrected chi connectivity index (χ3v) is 14.8. The Bertz CT molecular complexity index is 1730. The highest BCUT2D eigenvalue weighted by Crippen LogP contribution is 2.33. The summed E-state index contributed by atoms with van der Waals surface area (Å²) >= 11 is 0. The normalized spacial score (nSPS) is 11.3. The third kappa shape index (κ3) is 30.8. The second-order valence-electron chi connectivity index (χ2n) is 21.4. The number of esters is 4. The Morgan fingerprint density at radius 1 is 0.297 bits per heavy atom. The molecule has 8 nitrogen and oxygen atoms in total. The van der Waals surface area contributed by atoms with Crippen molar-refractivity contribution in [2.45, 2.75) is 298 Å². The highest BCUT2D eigenvalue weighted by molar-refractivity contribution is 6.07. The van der Waals surface area contributed by atoms with E-state index >= 15 is 0 Å². The molecule has 8 heteroatoms. The number of hydrogen-bond donors (Lipinski definition) is 0. The van der Waals surface area contributed by atoms with E-state index in [1.165, 1.54) is 180 Å². The van der Waals surface area contributed by atoms with E-state index in [0.717, 1.165) is 77.0 Å². The monoisotopic (exact) mass is 1030 g/mol. The lowest BCUT2D eigenvalue weighted by Gasteiger charge is -2.18. The van der Waals surface area contributed by atoms with Crippen LogP contribution in [0, 0.1) is 0 Å². The van der Waals surface area contributed by atoms with Crippen molar-refractivity contribution in [1.82, 2.24) is 0 Å². The number of rotatable bonds is 50. The molecule has 0 spiro atoms. The first-order chi connectivity index (χ1) is 36.3. The largest absolute Gasteiger partial charge is 0.462 e. The minimum Gasteiger partial charge on any atom is -0.462 e. The Kier molecular flexibility index (Phi) is 41.8. The molecule has 0 saturated carbocycles. The minimum absolute atomic E-state index is 0.134. The smallest absolute Gasteiger partial charge is 0.339 e. The Morgan fingerprint density at radius 3 is 0.892 bits per heavy atom. The summed E-state index contributed by atoms with van der Waals surface area (Å²) in [7, 11) is 0. The van der Waals surface area contributed by atoms with Gasteiger partial charge in [0.1, 0.15) is 0 Å². The van der Waals surface area contributed by atoms with Gasteiger partial charge in [-0.3, -0.25) is 0 Å². The molecule has 2 aromatic carbocycles. The van der Waals surface area contributed by atoms with Crippen molar-refractivity contribution < 1.29 is 38.1 Å². The quantitative estimate of drug-likeness (QED) is 0.0367. The second kappa shape index (κ2) is 46.6. The maximum absolute atomic E-state index is 14.2. The molecular formula is C66H110O8. The molecule has 0 saturated heterocycles. The zero-order valence-electron chi connectivity index (χ0n) is 48.5.